The average molecular weight is 288 g/mol. The Morgan fingerprint density at radius 2 is 2.38 bits per heavy atom. The fraction of sp³-hybridized carbons (Fsp3) is 0.500. The highest BCUT2D eigenvalue weighted by atomic mass is 79.9. The van der Waals surface area contributed by atoms with Crippen LogP contribution in [0.25, 0.3) is 0 Å². The third kappa shape index (κ3) is 3.03. The topological polar surface area (TPSA) is 21.3 Å². The van der Waals surface area contributed by atoms with Crippen molar-refractivity contribution < 1.29 is 9.13 Å². The van der Waals surface area contributed by atoms with E-state index in [-0.39, 0.29) is 11.9 Å². The Balaban J connectivity index is 1.91. The molecular weight excluding hydrogens is 273 g/mol. The van der Waals surface area contributed by atoms with Crippen molar-refractivity contribution in [2.45, 2.75) is 25.6 Å². The molecule has 2 nitrogen and oxygen atoms in total. The first-order valence-corrected chi connectivity index (χ1v) is 6.32. The fourth-order valence-electron chi connectivity index (χ4n) is 1.83. The summed E-state index contributed by atoms with van der Waals surface area (Å²) in [5.74, 6) is -0.233. The quantitative estimate of drug-likeness (QED) is 0.923. The SMILES string of the molecule is Fc1cccc(CO[C@H]2CCCNC2)c1Br. The standard InChI is InChI=1S/C12H15BrFNO/c13-12-9(3-1-5-11(12)14)8-16-10-4-2-6-15-7-10/h1,3,5,10,15H,2,4,6-8H2/t10-/m0/s1. The van der Waals surface area contributed by atoms with Gasteiger partial charge in [-0.15, -0.1) is 0 Å². The van der Waals surface area contributed by atoms with Gasteiger partial charge in [-0.25, -0.2) is 4.39 Å². The highest BCUT2D eigenvalue weighted by molar-refractivity contribution is 9.10. The lowest BCUT2D eigenvalue weighted by Crippen LogP contribution is -2.35. The van der Waals surface area contributed by atoms with Gasteiger partial charge >= 0.3 is 0 Å². The first-order chi connectivity index (χ1) is 7.77. The molecule has 1 heterocycles. The fourth-order valence-corrected chi connectivity index (χ4v) is 2.21. The van der Waals surface area contributed by atoms with Crippen molar-refractivity contribution in [1.82, 2.24) is 5.32 Å². The van der Waals surface area contributed by atoms with Gasteiger partial charge < -0.3 is 10.1 Å². The summed E-state index contributed by atoms with van der Waals surface area (Å²) in [6.45, 7) is 2.43. The molecule has 16 heavy (non-hydrogen) atoms. The van der Waals surface area contributed by atoms with Crippen LogP contribution in [0.4, 0.5) is 4.39 Å². The van der Waals surface area contributed by atoms with Crippen LogP contribution in [0, 0.1) is 5.82 Å². The summed E-state index contributed by atoms with van der Waals surface area (Å²) in [6.07, 6.45) is 2.48. The van der Waals surface area contributed by atoms with Gasteiger partial charge in [0.1, 0.15) is 5.82 Å². The Labute approximate surface area is 103 Å². The number of halogens is 2. The number of rotatable bonds is 3. The molecule has 0 aliphatic carbocycles. The molecule has 1 aromatic carbocycles. The molecule has 1 aliphatic heterocycles. The Morgan fingerprint density at radius 1 is 1.50 bits per heavy atom. The zero-order valence-electron chi connectivity index (χ0n) is 9.01. The third-order valence-corrected chi connectivity index (χ3v) is 3.65. The predicted molar refractivity (Wildman–Crippen MR) is 64.8 cm³/mol. The minimum Gasteiger partial charge on any atom is -0.372 e. The van der Waals surface area contributed by atoms with Crippen LogP contribution in [-0.4, -0.2) is 19.2 Å². The minimum absolute atomic E-state index is 0.233. The molecule has 1 atom stereocenters. The zero-order chi connectivity index (χ0) is 11.4. The summed E-state index contributed by atoms with van der Waals surface area (Å²) in [5, 5.41) is 3.29. The molecule has 0 spiro atoms. The van der Waals surface area contributed by atoms with E-state index >= 15 is 0 Å². The van der Waals surface area contributed by atoms with Crippen LogP contribution in [0.15, 0.2) is 22.7 Å². The molecule has 0 unspecified atom stereocenters. The van der Waals surface area contributed by atoms with E-state index < -0.39 is 0 Å². The normalized spacial score (nSPS) is 21.0. The van der Waals surface area contributed by atoms with E-state index in [2.05, 4.69) is 21.2 Å². The summed E-state index contributed by atoms with van der Waals surface area (Å²) in [7, 11) is 0. The van der Waals surface area contributed by atoms with Crippen LogP contribution in [0.2, 0.25) is 0 Å². The molecule has 88 valence electrons. The van der Waals surface area contributed by atoms with Crippen molar-refractivity contribution in [3.63, 3.8) is 0 Å². The van der Waals surface area contributed by atoms with Crippen LogP contribution in [0.1, 0.15) is 18.4 Å². The van der Waals surface area contributed by atoms with Crippen LogP contribution in [0.3, 0.4) is 0 Å². The molecule has 1 fully saturated rings. The third-order valence-electron chi connectivity index (χ3n) is 2.76. The average Bonchev–Trinajstić information content (AvgIpc) is 2.32. The lowest BCUT2D eigenvalue weighted by atomic mass is 10.1. The van der Waals surface area contributed by atoms with Crippen LogP contribution >= 0.6 is 15.9 Å². The summed E-state index contributed by atoms with van der Waals surface area (Å²) in [4.78, 5) is 0. The Hall–Kier alpha value is -0.450. The van der Waals surface area contributed by atoms with Gasteiger partial charge in [-0.1, -0.05) is 12.1 Å². The van der Waals surface area contributed by atoms with E-state index in [0.717, 1.165) is 31.5 Å². The van der Waals surface area contributed by atoms with E-state index in [1.807, 2.05) is 6.07 Å². The molecule has 1 saturated heterocycles. The van der Waals surface area contributed by atoms with Gasteiger partial charge in [-0.2, -0.15) is 0 Å². The maximum Gasteiger partial charge on any atom is 0.137 e. The monoisotopic (exact) mass is 287 g/mol. The summed E-state index contributed by atoms with van der Waals surface area (Å²) >= 11 is 3.23. The van der Waals surface area contributed by atoms with Gasteiger partial charge in [0.25, 0.3) is 0 Å². The number of benzene rings is 1. The molecular formula is C12H15BrFNO. The molecule has 0 radical (unpaired) electrons. The Morgan fingerprint density at radius 3 is 3.12 bits per heavy atom. The summed E-state index contributed by atoms with van der Waals surface area (Å²) in [5.41, 5.74) is 0.866. The van der Waals surface area contributed by atoms with E-state index in [1.165, 1.54) is 6.07 Å². The molecule has 2 rings (SSSR count). The maximum absolute atomic E-state index is 13.2. The number of hydrogen-bond acceptors (Lipinski definition) is 2. The van der Waals surface area contributed by atoms with Gasteiger partial charge in [0.2, 0.25) is 0 Å². The van der Waals surface area contributed by atoms with E-state index in [0.29, 0.717) is 11.1 Å². The number of hydrogen-bond donors (Lipinski definition) is 1. The Bertz CT molecular complexity index is 353. The summed E-state index contributed by atoms with van der Waals surface area (Å²) in [6, 6.07) is 5.02. The lowest BCUT2D eigenvalue weighted by molar-refractivity contribution is 0.0249. The number of nitrogens with one attached hydrogen (secondary N) is 1. The molecule has 1 aromatic rings. The molecule has 1 aliphatic rings. The number of ether oxygens (including phenoxy) is 1. The van der Waals surface area contributed by atoms with E-state index in [4.69, 9.17) is 4.74 Å². The smallest absolute Gasteiger partial charge is 0.137 e. The molecule has 0 saturated carbocycles. The minimum atomic E-state index is -0.233. The predicted octanol–water partition coefficient (Wildman–Crippen LogP) is 2.86. The second-order valence-corrected chi connectivity index (χ2v) is 4.79. The second-order valence-electron chi connectivity index (χ2n) is 3.99. The summed E-state index contributed by atoms with van der Waals surface area (Å²) < 4.78 is 19.5. The highest BCUT2D eigenvalue weighted by Crippen LogP contribution is 2.22. The van der Waals surface area contributed by atoms with Crippen molar-refractivity contribution in [3.05, 3.63) is 34.1 Å². The first kappa shape index (κ1) is 12.0. The second kappa shape index (κ2) is 5.75. The van der Waals surface area contributed by atoms with Crippen molar-refractivity contribution in [2.24, 2.45) is 0 Å². The molecule has 0 amide bonds. The lowest BCUT2D eigenvalue weighted by Gasteiger charge is -2.23. The van der Waals surface area contributed by atoms with Gasteiger partial charge in [0, 0.05) is 6.54 Å². The van der Waals surface area contributed by atoms with Crippen LogP contribution in [0.5, 0.6) is 0 Å². The van der Waals surface area contributed by atoms with Gasteiger partial charge in [-0.3, -0.25) is 0 Å². The van der Waals surface area contributed by atoms with Gasteiger partial charge in [0.15, 0.2) is 0 Å². The van der Waals surface area contributed by atoms with E-state index in [9.17, 15) is 4.39 Å². The van der Waals surface area contributed by atoms with Crippen molar-refractivity contribution >= 4 is 15.9 Å². The molecule has 1 N–H and O–H groups in total. The molecule has 0 bridgehead atoms. The van der Waals surface area contributed by atoms with Crippen molar-refractivity contribution in [3.8, 4) is 0 Å². The van der Waals surface area contributed by atoms with Crippen LogP contribution in [-0.2, 0) is 11.3 Å². The maximum atomic E-state index is 13.2. The highest BCUT2D eigenvalue weighted by Gasteiger charge is 2.14. The largest absolute Gasteiger partial charge is 0.372 e. The molecule has 0 aromatic heterocycles. The van der Waals surface area contributed by atoms with Crippen LogP contribution < -0.4 is 5.32 Å². The van der Waals surface area contributed by atoms with Crippen molar-refractivity contribution in [1.29, 1.82) is 0 Å². The Kier molecular flexibility index (Phi) is 4.32. The first-order valence-electron chi connectivity index (χ1n) is 5.52. The molecule has 4 heteroatoms. The van der Waals surface area contributed by atoms with Crippen molar-refractivity contribution in [2.75, 3.05) is 13.1 Å². The van der Waals surface area contributed by atoms with Gasteiger partial charge in [0.05, 0.1) is 17.2 Å². The zero-order valence-corrected chi connectivity index (χ0v) is 10.6. The van der Waals surface area contributed by atoms with E-state index in [1.54, 1.807) is 6.07 Å². The number of piperidine rings is 1. The van der Waals surface area contributed by atoms with Gasteiger partial charge in [-0.05, 0) is 46.9 Å².